The molecule has 0 amide bonds. The zero-order valence-corrected chi connectivity index (χ0v) is 10.4. The van der Waals surface area contributed by atoms with Crippen molar-refractivity contribution in [3.05, 3.63) is 71.5 Å². The van der Waals surface area contributed by atoms with Gasteiger partial charge in [-0.15, -0.1) is 0 Å². The van der Waals surface area contributed by atoms with Gasteiger partial charge in [-0.05, 0) is 23.6 Å². The lowest BCUT2D eigenvalue weighted by molar-refractivity contribution is -0.137. The maximum absolute atomic E-state index is 13.9. The number of hydrogen-bond acceptors (Lipinski definition) is 1. The molecule has 0 spiro atoms. The van der Waals surface area contributed by atoms with Gasteiger partial charge in [0.15, 0.2) is 0 Å². The first kappa shape index (κ1) is 13.3. The highest BCUT2D eigenvalue weighted by molar-refractivity contribution is 5.66. The highest BCUT2D eigenvalue weighted by atomic mass is 19.1. The molecule has 1 N–H and O–H groups in total. The SMILES string of the molecule is O=C(O)CCC(c1ccccc1)c1ccccc1F. The van der Waals surface area contributed by atoms with Crippen LogP contribution in [0.2, 0.25) is 0 Å². The van der Waals surface area contributed by atoms with E-state index in [4.69, 9.17) is 5.11 Å². The van der Waals surface area contributed by atoms with Crippen LogP contribution in [0, 0.1) is 5.82 Å². The van der Waals surface area contributed by atoms with Crippen molar-refractivity contribution in [2.45, 2.75) is 18.8 Å². The summed E-state index contributed by atoms with van der Waals surface area (Å²) in [5.74, 6) is -1.38. The van der Waals surface area contributed by atoms with E-state index < -0.39 is 5.97 Å². The molecule has 0 saturated heterocycles. The standard InChI is InChI=1S/C16H15FO2/c17-15-9-5-4-8-14(15)13(10-11-16(18)19)12-6-2-1-3-7-12/h1-9,13H,10-11H2,(H,18,19). The summed E-state index contributed by atoms with van der Waals surface area (Å²) >= 11 is 0. The van der Waals surface area contributed by atoms with E-state index >= 15 is 0 Å². The third-order valence-electron chi connectivity index (χ3n) is 3.13. The van der Waals surface area contributed by atoms with E-state index in [9.17, 15) is 9.18 Å². The van der Waals surface area contributed by atoms with E-state index in [0.717, 1.165) is 5.56 Å². The van der Waals surface area contributed by atoms with Crippen molar-refractivity contribution in [2.24, 2.45) is 0 Å². The number of carboxylic acid groups (broad SMARTS) is 1. The fraction of sp³-hybridized carbons (Fsp3) is 0.188. The van der Waals surface area contributed by atoms with E-state index in [1.54, 1.807) is 18.2 Å². The number of carbonyl (C=O) groups is 1. The minimum absolute atomic E-state index is 0.0217. The van der Waals surface area contributed by atoms with Crippen molar-refractivity contribution in [1.29, 1.82) is 0 Å². The zero-order chi connectivity index (χ0) is 13.7. The van der Waals surface area contributed by atoms with Crippen molar-refractivity contribution in [2.75, 3.05) is 0 Å². The van der Waals surface area contributed by atoms with Gasteiger partial charge in [-0.1, -0.05) is 48.5 Å². The van der Waals surface area contributed by atoms with E-state index in [1.165, 1.54) is 6.07 Å². The van der Waals surface area contributed by atoms with Crippen molar-refractivity contribution in [3.8, 4) is 0 Å². The Hall–Kier alpha value is -2.16. The molecule has 2 rings (SSSR count). The maximum Gasteiger partial charge on any atom is 0.303 e. The predicted molar refractivity (Wildman–Crippen MR) is 71.6 cm³/mol. The number of rotatable bonds is 5. The minimum atomic E-state index is -0.864. The van der Waals surface area contributed by atoms with Crippen LogP contribution in [0.15, 0.2) is 54.6 Å². The van der Waals surface area contributed by atoms with E-state index in [0.29, 0.717) is 12.0 Å². The van der Waals surface area contributed by atoms with Gasteiger partial charge in [-0.3, -0.25) is 4.79 Å². The normalized spacial score (nSPS) is 12.1. The first-order valence-electron chi connectivity index (χ1n) is 6.19. The van der Waals surface area contributed by atoms with Crippen LogP contribution in [-0.4, -0.2) is 11.1 Å². The third kappa shape index (κ3) is 3.41. The lowest BCUT2D eigenvalue weighted by atomic mass is 9.87. The van der Waals surface area contributed by atoms with Gasteiger partial charge in [0, 0.05) is 12.3 Å². The molecular formula is C16H15FO2. The Kier molecular flexibility index (Phi) is 4.29. The summed E-state index contributed by atoms with van der Waals surface area (Å²) in [6.45, 7) is 0. The average molecular weight is 258 g/mol. The monoisotopic (exact) mass is 258 g/mol. The van der Waals surface area contributed by atoms with E-state index in [1.807, 2.05) is 30.3 Å². The van der Waals surface area contributed by atoms with Gasteiger partial charge >= 0.3 is 5.97 Å². The Balaban J connectivity index is 2.35. The molecule has 0 aliphatic heterocycles. The Morgan fingerprint density at radius 3 is 2.32 bits per heavy atom. The molecule has 1 atom stereocenters. The fourth-order valence-corrected chi connectivity index (χ4v) is 2.21. The minimum Gasteiger partial charge on any atom is -0.481 e. The lowest BCUT2D eigenvalue weighted by Crippen LogP contribution is -2.06. The molecule has 98 valence electrons. The van der Waals surface area contributed by atoms with Crippen LogP contribution in [-0.2, 0) is 4.79 Å². The van der Waals surface area contributed by atoms with E-state index in [2.05, 4.69) is 0 Å². The van der Waals surface area contributed by atoms with Gasteiger partial charge < -0.3 is 5.11 Å². The molecule has 0 fully saturated rings. The molecule has 1 unspecified atom stereocenters. The number of hydrogen-bond donors (Lipinski definition) is 1. The van der Waals surface area contributed by atoms with Crippen LogP contribution in [0.25, 0.3) is 0 Å². The summed E-state index contributed by atoms with van der Waals surface area (Å²) in [6.07, 6.45) is 0.411. The van der Waals surface area contributed by atoms with Gasteiger partial charge in [0.1, 0.15) is 5.82 Å². The number of aliphatic carboxylic acids is 1. The molecule has 0 bridgehead atoms. The Bertz CT molecular complexity index is 552. The smallest absolute Gasteiger partial charge is 0.303 e. The van der Waals surface area contributed by atoms with Crippen molar-refractivity contribution < 1.29 is 14.3 Å². The van der Waals surface area contributed by atoms with Gasteiger partial charge in [0.05, 0.1) is 0 Å². The molecule has 2 aromatic rings. The topological polar surface area (TPSA) is 37.3 Å². The van der Waals surface area contributed by atoms with Gasteiger partial charge in [0.25, 0.3) is 0 Å². The quantitative estimate of drug-likeness (QED) is 0.885. The molecule has 0 radical (unpaired) electrons. The van der Waals surface area contributed by atoms with Gasteiger partial charge in [-0.2, -0.15) is 0 Å². The Morgan fingerprint density at radius 2 is 1.68 bits per heavy atom. The second-order valence-electron chi connectivity index (χ2n) is 4.42. The predicted octanol–water partition coefficient (Wildman–Crippen LogP) is 3.82. The van der Waals surface area contributed by atoms with Crippen LogP contribution >= 0.6 is 0 Å². The molecule has 2 aromatic carbocycles. The van der Waals surface area contributed by atoms with Gasteiger partial charge in [-0.25, -0.2) is 4.39 Å². The van der Waals surface area contributed by atoms with Crippen LogP contribution < -0.4 is 0 Å². The summed E-state index contributed by atoms with van der Waals surface area (Å²) in [5, 5.41) is 8.83. The van der Waals surface area contributed by atoms with Crippen LogP contribution in [0.5, 0.6) is 0 Å². The highest BCUT2D eigenvalue weighted by Crippen LogP contribution is 2.30. The second-order valence-corrected chi connectivity index (χ2v) is 4.42. The summed E-state index contributed by atoms with van der Waals surface area (Å²) in [4.78, 5) is 10.8. The number of benzene rings is 2. The molecule has 0 aliphatic rings. The number of halogens is 1. The molecule has 2 nitrogen and oxygen atoms in total. The molecular weight excluding hydrogens is 243 g/mol. The van der Waals surface area contributed by atoms with E-state index in [-0.39, 0.29) is 18.2 Å². The zero-order valence-electron chi connectivity index (χ0n) is 10.4. The van der Waals surface area contributed by atoms with Crippen LogP contribution in [0.3, 0.4) is 0 Å². The second kappa shape index (κ2) is 6.14. The largest absolute Gasteiger partial charge is 0.481 e. The van der Waals surface area contributed by atoms with Gasteiger partial charge in [0.2, 0.25) is 0 Å². The molecule has 3 heteroatoms. The third-order valence-corrected chi connectivity index (χ3v) is 3.13. The molecule has 0 aromatic heterocycles. The van der Waals surface area contributed by atoms with Crippen molar-refractivity contribution in [3.63, 3.8) is 0 Å². The van der Waals surface area contributed by atoms with Crippen molar-refractivity contribution >= 4 is 5.97 Å². The fourth-order valence-electron chi connectivity index (χ4n) is 2.21. The summed E-state index contributed by atoms with van der Waals surface area (Å²) < 4.78 is 13.9. The highest BCUT2D eigenvalue weighted by Gasteiger charge is 2.18. The Morgan fingerprint density at radius 1 is 1.05 bits per heavy atom. The Labute approximate surface area is 111 Å². The average Bonchev–Trinajstić information content (AvgIpc) is 2.42. The summed E-state index contributed by atoms with van der Waals surface area (Å²) in [7, 11) is 0. The number of carboxylic acids is 1. The summed E-state index contributed by atoms with van der Waals surface area (Å²) in [6, 6.07) is 16.0. The molecule has 19 heavy (non-hydrogen) atoms. The molecule has 0 aliphatic carbocycles. The molecule has 0 heterocycles. The maximum atomic E-state index is 13.9. The molecule has 0 saturated carbocycles. The summed E-state index contributed by atoms with van der Waals surface area (Å²) in [5.41, 5.74) is 1.49. The first-order valence-corrected chi connectivity index (χ1v) is 6.19. The lowest BCUT2D eigenvalue weighted by Gasteiger charge is -2.17. The van der Waals surface area contributed by atoms with Crippen LogP contribution in [0.4, 0.5) is 4.39 Å². The van der Waals surface area contributed by atoms with Crippen LogP contribution in [0.1, 0.15) is 29.9 Å². The van der Waals surface area contributed by atoms with Crippen molar-refractivity contribution in [1.82, 2.24) is 0 Å². The first-order chi connectivity index (χ1) is 9.18.